The highest BCUT2D eigenvalue weighted by Crippen LogP contribution is 2.30. The number of sulfonamides is 1. The normalized spacial score (nSPS) is 12.6. The van der Waals surface area contributed by atoms with Crippen LogP contribution < -0.4 is 4.72 Å². The molecule has 0 bridgehead atoms. The lowest BCUT2D eigenvalue weighted by atomic mass is 9.80. The monoisotopic (exact) mass is 334 g/mol. The maximum absolute atomic E-state index is 12.3. The lowest BCUT2D eigenvalue weighted by molar-refractivity contribution is 0.170. The Bertz CT molecular complexity index is 572. The number of hydrogen-bond donors (Lipinski definition) is 2. The maximum Gasteiger partial charge on any atom is 0.242 e. The molecule has 0 aliphatic carbocycles. The van der Waals surface area contributed by atoms with Crippen molar-refractivity contribution in [2.45, 2.75) is 44.9 Å². The van der Waals surface area contributed by atoms with Gasteiger partial charge in [-0.25, -0.2) is 18.1 Å². The van der Waals surface area contributed by atoms with Gasteiger partial charge < -0.3 is 5.11 Å². The fourth-order valence-electron chi connectivity index (χ4n) is 2.19. The number of nitrogens with zero attached hydrogens (tertiary/aromatic N) is 1. The summed E-state index contributed by atoms with van der Waals surface area (Å²) in [5, 5.41) is 9.47. The molecule has 1 aromatic rings. The molecular weight excluding hydrogens is 312 g/mol. The van der Waals surface area contributed by atoms with E-state index in [0.29, 0.717) is 23.7 Å². The first-order valence-corrected chi connectivity index (χ1v) is 8.89. The van der Waals surface area contributed by atoms with Crippen LogP contribution in [0, 0.1) is 12.3 Å². The minimum absolute atomic E-state index is 0.0466. The third kappa shape index (κ3) is 4.64. The Kier molecular flexibility index (Phi) is 6.59. The Morgan fingerprint density at radius 2 is 2.00 bits per heavy atom. The molecule has 1 aromatic heterocycles. The molecule has 1 rings (SSSR count). The number of nitrogens with one attached hydrogen (secondary N) is 1. The van der Waals surface area contributed by atoms with E-state index in [4.69, 9.17) is 11.6 Å². The van der Waals surface area contributed by atoms with E-state index in [-0.39, 0.29) is 16.9 Å². The van der Waals surface area contributed by atoms with Crippen LogP contribution in [0.5, 0.6) is 0 Å². The van der Waals surface area contributed by atoms with Gasteiger partial charge in [0.25, 0.3) is 0 Å². The number of aliphatic hydroxyl groups excluding tert-OH is 1. The number of aryl methyl sites for hydroxylation is 1. The predicted octanol–water partition coefficient (Wildman–Crippen LogP) is 2.51. The van der Waals surface area contributed by atoms with Gasteiger partial charge in [-0.3, -0.25) is 0 Å². The second kappa shape index (κ2) is 7.54. The van der Waals surface area contributed by atoms with E-state index >= 15 is 0 Å². The Morgan fingerprint density at radius 1 is 1.38 bits per heavy atom. The lowest BCUT2D eigenvalue weighted by Crippen LogP contribution is -2.37. The number of hydrogen-bond acceptors (Lipinski definition) is 4. The molecular formula is C14H23ClN2O3S. The first-order valence-electron chi connectivity index (χ1n) is 7.03. The van der Waals surface area contributed by atoms with E-state index in [2.05, 4.69) is 9.71 Å². The molecule has 2 N–H and O–H groups in total. The summed E-state index contributed by atoms with van der Waals surface area (Å²) >= 11 is 5.81. The molecule has 0 amide bonds. The SMILES string of the molecule is CCC(CC)(CCO)CNS(=O)(=O)c1cnc(Cl)c(C)c1. The van der Waals surface area contributed by atoms with Gasteiger partial charge in [0.2, 0.25) is 10.0 Å². The fraction of sp³-hybridized carbons (Fsp3) is 0.643. The number of rotatable bonds is 8. The molecule has 120 valence electrons. The summed E-state index contributed by atoms with van der Waals surface area (Å²) in [6, 6.07) is 1.50. The summed E-state index contributed by atoms with van der Waals surface area (Å²) in [5.74, 6) is 0. The smallest absolute Gasteiger partial charge is 0.242 e. The summed E-state index contributed by atoms with van der Waals surface area (Å²) in [4.78, 5) is 3.98. The third-order valence-electron chi connectivity index (χ3n) is 4.08. The molecule has 0 aromatic carbocycles. The van der Waals surface area contributed by atoms with Gasteiger partial charge in [0.15, 0.2) is 0 Å². The predicted molar refractivity (Wildman–Crippen MR) is 83.9 cm³/mol. The summed E-state index contributed by atoms with van der Waals surface area (Å²) in [5.41, 5.74) is 0.392. The third-order valence-corrected chi connectivity index (χ3v) is 5.84. The van der Waals surface area contributed by atoms with E-state index in [1.165, 1.54) is 12.3 Å². The van der Waals surface area contributed by atoms with Gasteiger partial charge in [0.1, 0.15) is 10.0 Å². The zero-order valence-corrected chi connectivity index (χ0v) is 14.3. The molecule has 0 saturated carbocycles. The van der Waals surface area contributed by atoms with Crippen molar-refractivity contribution in [1.82, 2.24) is 9.71 Å². The molecule has 0 aliphatic heterocycles. The van der Waals surface area contributed by atoms with Crippen molar-refractivity contribution in [3.05, 3.63) is 23.0 Å². The lowest BCUT2D eigenvalue weighted by Gasteiger charge is -2.31. The van der Waals surface area contributed by atoms with Crippen LogP contribution in [0.25, 0.3) is 0 Å². The van der Waals surface area contributed by atoms with Crippen molar-refractivity contribution in [2.75, 3.05) is 13.2 Å². The highest BCUT2D eigenvalue weighted by atomic mass is 35.5. The number of halogens is 1. The van der Waals surface area contributed by atoms with Crippen molar-refractivity contribution in [2.24, 2.45) is 5.41 Å². The van der Waals surface area contributed by atoms with Crippen molar-refractivity contribution < 1.29 is 13.5 Å². The van der Waals surface area contributed by atoms with Gasteiger partial charge in [-0.05, 0) is 43.2 Å². The van der Waals surface area contributed by atoms with Crippen LogP contribution in [0.3, 0.4) is 0 Å². The Hall–Kier alpha value is -0.690. The molecule has 0 aliphatic rings. The highest BCUT2D eigenvalue weighted by Gasteiger charge is 2.28. The Morgan fingerprint density at radius 3 is 2.48 bits per heavy atom. The topological polar surface area (TPSA) is 79.3 Å². The van der Waals surface area contributed by atoms with E-state index in [9.17, 15) is 13.5 Å². The Labute approximate surface area is 131 Å². The molecule has 7 heteroatoms. The van der Waals surface area contributed by atoms with E-state index in [1.54, 1.807) is 6.92 Å². The van der Waals surface area contributed by atoms with Crippen LogP contribution >= 0.6 is 11.6 Å². The molecule has 5 nitrogen and oxygen atoms in total. The van der Waals surface area contributed by atoms with Crippen molar-refractivity contribution in [1.29, 1.82) is 0 Å². The molecule has 0 spiro atoms. The first-order chi connectivity index (χ1) is 9.80. The average molecular weight is 335 g/mol. The molecule has 1 heterocycles. The zero-order valence-electron chi connectivity index (χ0n) is 12.7. The second-order valence-electron chi connectivity index (χ2n) is 5.28. The van der Waals surface area contributed by atoms with Crippen molar-refractivity contribution >= 4 is 21.6 Å². The average Bonchev–Trinajstić information content (AvgIpc) is 2.46. The molecule has 0 radical (unpaired) electrons. The standard InChI is InChI=1S/C14H23ClN2O3S/c1-4-14(5-2,6-7-18)10-17-21(19,20)12-8-11(3)13(15)16-9-12/h8-9,17-18H,4-7,10H2,1-3H3. The summed E-state index contributed by atoms with van der Waals surface area (Å²) in [6.07, 6.45) is 3.42. The van der Waals surface area contributed by atoms with Crippen LogP contribution in [-0.2, 0) is 10.0 Å². The van der Waals surface area contributed by atoms with E-state index < -0.39 is 10.0 Å². The second-order valence-corrected chi connectivity index (χ2v) is 7.41. The van der Waals surface area contributed by atoms with Gasteiger partial charge in [-0.15, -0.1) is 0 Å². The quantitative estimate of drug-likeness (QED) is 0.716. The van der Waals surface area contributed by atoms with Crippen molar-refractivity contribution in [3.8, 4) is 0 Å². The number of aromatic nitrogens is 1. The number of aliphatic hydroxyl groups is 1. The number of pyridine rings is 1. The van der Waals surface area contributed by atoms with Gasteiger partial charge in [-0.1, -0.05) is 25.4 Å². The fourth-order valence-corrected chi connectivity index (χ4v) is 3.48. The van der Waals surface area contributed by atoms with Crippen LogP contribution in [-0.4, -0.2) is 31.7 Å². The minimum Gasteiger partial charge on any atom is -0.396 e. The van der Waals surface area contributed by atoms with Crippen LogP contribution in [0.4, 0.5) is 0 Å². The molecule has 0 atom stereocenters. The highest BCUT2D eigenvalue weighted by molar-refractivity contribution is 7.89. The molecule has 0 fully saturated rings. The maximum atomic E-state index is 12.3. The summed E-state index contributed by atoms with van der Waals surface area (Å²) in [6.45, 7) is 6.06. The van der Waals surface area contributed by atoms with E-state index in [0.717, 1.165) is 12.8 Å². The van der Waals surface area contributed by atoms with Gasteiger partial charge in [0, 0.05) is 19.3 Å². The van der Waals surface area contributed by atoms with Gasteiger partial charge in [0.05, 0.1) is 0 Å². The first kappa shape index (κ1) is 18.4. The molecule has 21 heavy (non-hydrogen) atoms. The molecule has 0 saturated heterocycles. The summed E-state index contributed by atoms with van der Waals surface area (Å²) in [7, 11) is -3.62. The van der Waals surface area contributed by atoms with Crippen LogP contribution in [0.15, 0.2) is 17.2 Å². The van der Waals surface area contributed by atoms with Crippen LogP contribution in [0.2, 0.25) is 5.15 Å². The zero-order chi connectivity index (χ0) is 16.1. The Balaban J connectivity index is 2.91. The van der Waals surface area contributed by atoms with Gasteiger partial charge >= 0.3 is 0 Å². The summed E-state index contributed by atoms with van der Waals surface area (Å²) < 4.78 is 27.3. The van der Waals surface area contributed by atoms with Crippen molar-refractivity contribution in [3.63, 3.8) is 0 Å². The molecule has 0 unspecified atom stereocenters. The minimum atomic E-state index is -3.62. The van der Waals surface area contributed by atoms with Crippen LogP contribution in [0.1, 0.15) is 38.7 Å². The van der Waals surface area contributed by atoms with Gasteiger partial charge in [-0.2, -0.15) is 0 Å². The largest absolute Gasteiger partial charge is 0.396 e. The van der Waals surface area contributed by atoms with E-state index in [1.807, 2.05) is 13.8 Å².